The third kappa shape index (κ3) is 4.51. The lowest BCUT2D eigenvalue weighted by molar-refractivity contribution is 0.342. The molecular formula is C11H11Cl2NOS2. The van der Waals surface area contributed by atoms with Crippen molar-refractivity contribution in [2.24, 2.45) is 5.73 Å². The average Bonchev–Trinajstić information content (AvgIpc) is 2.39. The van der Waals surface area contributed by atoms with Gasteiger partial charge < -0.3 is 10.5 Å². The van der Waals surface area contributed by atoms with E-state index in [2.05, 4.69) is 12.3 Å². The molecule has 1 aromatic rings. The van der Waals surface area contributed by atoms with Gasteiger partial charge in [0.2, 0.25) is 0 Å². The van der Waals surface area contributed by atoms with Gasteiger partial charge in [0, 0.05) is 17.0 Å². The summed E-state index contributed by atoms with van der Waals surface area (Å²) in [4.78, 5) is 1.73. The lowest BCUT2D eigenvalue weighted by Crippen LogP contribution is -2.10. The molecule has 0 atom stereocenters. The monoisotopic (exact) mass is 307 g/mol. The number of halogens is 2. The van der Waals surface area contributed by atoms with E-state index in [0.717, 1.165) is 37.3 Å². The van der Waals surface area contributed by atoms with Gasteiger partial charge in [-0.15, -0.1) is 5.73 Å². The van der Waals surface area contributed by atoms with Crippen LogP contribution in [-0.2, 0) is 0 Å². The summed E-state index contributed by atoms with van der Waals surface area (Å²) in [6.45, 7) is 4.28. The van der Waals surface area contributed by atoms with E-state index in [1.807, 2.05) is 18.2 Å². The van der Waals surface area contributed by atoms with Gasteiger partial charge in [-0.2, -0.15) is 0 Å². The second-order valence-electron chi connectivity index (χ2n) is 3.04. The van der Waals surface area contributed by atoms with Crippen LogP contribution in [0.5, 0.6) is 5.75 Å². The predicted octanol–water partition coefficient (Wildman–Crippen LogP) is 4.23. The van der Waals surface area contributed by atoms with Crippen LogP contribution in [0.4, 0.5) is 0 Å². The van der Waals surface area contributed by atoms with Crippen molar-refractivity contribution in [2.45, 2.75) is 9.79 Å². The molecule has 0 bridgehead atoms. The minimum Gasteiger partial charge on any atom is -0.487 e. The Morgan fingerprint density at radius 2 is 2.18 bits per heavy atom. The molecule has 0 heterocycles. The molecule has 0 saturated heterocycles. The molecule has 2 nitrogen and oxygen atoms in total. The maximum atomic E-state index is 5.77. The van der Waals surface area contributed by atoms with Gasteiger partial charge in [0.1, 0.15) is 12.4 Å². The first kappa shape index (κ1) is 14.8. The zero-order chi connectivity index (χ0) is 12.7. The molecule has 0 aliphatic carbocycles. The van der Waals surface area contributed by atoms with Crippen LogP contribution in [0.3, 0.4) is 0 Å². The summed E-state index contributed by atoms with van der Waals surface area (Å²) in [5.74, 6) is 0.695. The van der Waals surface area contributed by atoms with Crippen LogP contribution in [0.1, 0.15) is 0 Å². The molecule has 2 N–H and O–H groups in total. The van der Waals surface area contributed by atoms with E-state index < -0.39 is 0 Å². The minimum atomic E-state index is 0.359. The van der Waals surface area contributed by atoms with Crippen molar-refractivity contribution in [3.8, 4) is 5.75 Å². The minimum absolute atomic E-state index is 0.359. The molecule has 17 heavy (non-hydrogen) atoms. The van der Waals surface area contributed by atoms with E-state index in [-0.39, 0.29) is 0 Å². The van der Waals surface area contributed by atoms with Crippen molar-refractivity contribution in [1.29, 1.82) is 0 Å². The molecule has 1 rings (SSSR count). The number of hydrogen-bond donors (Lipinski definition) is 1. The normalized spacial score (nSPS) is 9.82. The zero-order valence-electron chi connectivity index (χ0n) is 8.91. The van der Waals surface area contributed by atoms with Gasteiger partial charge in [0.25, 0.3) is 0 Å². The lowest BCUT2D eigenvalue weighted by atomic mass is 10.3. The number of nitrogens with two attached hydrogens (primary N) is 1. The van der Waals surface area contributed by atoms with Crippen molar-refractivity contribution < 1.29 is 4.74 Å². The summed E-state index contributed by atoms with van der Waals surface area (Å²) in [6.07, 6.45) is 0. The Bertz CT molecular complexity index is 433. The Morgan fingerprint density at radius 3 is 2.71 bits per heavy atom. The zero-order valence-corrected chi connectivity index (χ0v) is 12.1. The summed E-state index contributed by atoms with van der Waals surface area (Å²) in [5.41, 5.74) is 9.04. The molecule has 0 aliphatic rings. The van der Waals surface area contributed by atoms with Crippen molar-refractivity contribution in [1.82, 2.24) is 0 Å². The van der Waals surface area contributed by atoms with Crippen LogP contribution in [0.2, 0.25) is 0 Å². The molecule has 0 unspecified atom stereocenters. The van der Waals surface area contributed by atoms with E-state index >= 15 is 0 Å². The fraction of sp³-hybridized carbons (Fsp3) is 0.182. The SMILES string of the molecule is C=C=C(CN)COc1ccc(SCl)cc1SCl. The summed E-state index contributed by atoms with van der Waals surface area (Å²) < 4.78 is 5.59. The Labute approximate surface area is 118 Å². The van der Waals surface area contributed by atoms with Crippen molar-refractivity contribution in [3.63, 3.8) is 0 Å². The Morgan fingerprint density at radius 1 is 1.41 bits per heavy atom. The fourth-order valence-corrected chi connectivity index (χ4v) is 2.44. The maximum Gasteiger partial charge on any atom is 0.134 e. The van der Waals surface area contributed by atoms with Gasteiger partial charge in [0.15, 0.2) is 0 Å². The van der Waals surface area contributed by atoms with Crippen LogP contribution in [0.15, 0.2) is 45.9 Å². The van der Waals surface area contributed by atoms with Crippen molar-refractivity contribution >= 4 is 43.3 Å². The summed E-state index contributed by atoms with van der Waals surface area (Å²) in [5, 5.41) is 0. The van der Waals surface area contributed by atoms with Crippen molar-refractivity contribution in [2.75, 3.05) is 13.2 Å². The summed E-state index contributed by atoms with van der Waals surface area (Å²) in [6, 6.07) is 5.56. The molecular weight excluding hydrogens is 297 g/mol. The lowest BCUT2D eigenvalue weighted by Gasteiger charge is -2.10. The van der Waals surface area contributed by atoms with Crippen LogP contribution in [0, 0.1) is 0 Å². The molecule has 6 heteroatoms. The van der Waals surface area contributed by atoms with Crippen LogP contribution in [-0.4, -0.2) is 13.2 Å². The summed E-state index contributed by atoms with van der Waals surface area (Å²) in [7, 11) is 13.7. The van der Waals surface area contributed by atoms with Gasteiger partial charge >= 0.3 is 0 Å². The van der Waals surface area contributed by atoms with Crippen LogP contribution in [0.25, 0.3) is 0 Å². The second kappa shape index (κ2) is 7.98. The first-order valence-corrected chi connectivity index (χ1v) is 7.95. The highest BCUT2D eigenvalue weighted by molar-refractivity contribution is 8.21. The molecule has 0 fully saturated rings. The third-order valence-corrected chi connectivity index (χ3v) is 3.94. The first-order valence-electron chi connectivity index (χ1n) is 4.67. The molecule has 0 aliphatic heterocycles. The van der Waals surface area contributed by atoms with Crippen molar-refractivity contribution in [3.05, 3.63) is 36.1 Å². The Hall–Kier alpha value is -0.220. The number of hydrogen-bond acceptors (Lipinski definition) is 4. The third-order valence-electron chi connectivity index (χ3n) is 1.99. The number of rotatable bonds is 6. The van der Waals surface area contributed by atoms with Gasteiger partial charge in [-0.25, -0.2) is 0 Å². The van der Waals surface area contributed by atoms with E-state index in [9.17, 15) is 0 Å². The van der Waals surface area contributed by atoms with Gasteiger partial charge in [-0.1, -0.05) is 6.58 Å². The second-order valence-corrected chi connectivity index (χ2v) is 5.18. The van der Waals surface area contributed by atoms with Crippen LogP contribution >= 0.6 is 43.3 Å². The van der Waals surface area contributed by atoms with E-state index in [1.54, 1.807) is 0 Å². The van der Waals surface area contributed by atoms with Gasteiger partial charge in [0.05, 0.1) is 4.90 Å². The fourth-order valence-electron chi connectivity index (χ4n) is 1.06. The molecule has 0 saturated carbocycles. The Kier molecular flexibility index (Phi) is 6.97. The van der Waals surface area contributed by atoms with E-state index in [4.69, 9.17) is 31.8 Å². The van der Waals surface area contributed by atoms with Gasteiger partial charge in [-0.05, 0) is 61.5 Å². The average molecular weight is 308 g/mol. The number of benzene rings is 1. The molecule has 0 radical (unpaired) electrons. The summed E-state index contributed by atoms with van der Waals surface area (Å²) >= 11 is 0. The highest BCUT2D eigenvalue weighted by Crippen LogP contribution is 2.36. The molecule has 0 amide bonds. The maximum absolute atomic E-state index is 5.77. The Balaban J connectivity index is 2.80. The van der Waals surface area contributed by atoms with E-state index in [0.29, 0.717) is 18.9 Å². The first-order chi connectivity index (χ1) is 8.24. The molecule has 0 spiro atoms. The van der Waals surface area contributed by atoms with Crippen LogP contribution < -0.4 is 10.5 Å². The molecule has 92 valence electrons. The topological polar surface area (TPSA) is 35.2 Å². The highest BCUT2D eigenvalue weighted by Gasteiger charge is 2.06. The highest BCUT2D eigenvalue weighted by atomic mass is 35.7. The van der Waals surface area contributed by atoms with E-state index in [1.165, 1.54) is 0 Å². The molecule has 1 aromatic carbocycles. The smallest absolute Gasteiger partial charge is 0.134 e. The number of ether oxygens (including phenoxy) is 1. The predicted molar refractivity (Wildman–Crippen MR) is 77.1 cm³/mol. The quantitative estimate of drug-likeness (QED) is 0.798. The standard InChI is InChI=1S/C11H11Cl2NOS2/c1-2-8(6-14)7-15-10-4-3-9(16-12)5-11(10)17-13/h3-5H,1,6-7,14H2. The molecule has 0 aromatic heterocycles. The van der Waals surface area contributed by atoms with Gasteiger partial charge in [-0.3, -0.25) is 0 Å². The largest absolute Gasteiger partial charge is 0.487 e.